The highest BCUT2D eigenvalue weighted by Gasteiger charge is 2.26. The summed E-state index contributed by atoms with van der Waals surface area (Å²) in [4.78, 5) is 14.6. The summed E-state index contributed by atoms with van der Waals surface area (Å²) >= 11 is 0. The number of rotatable bonds is 3. The fraction of sp³-hybridized carbons (Fsp3) is 0.471. The number of nitrogens with zero attached hydrogens (tertiary/aromatic N) is 1. The first-order valence-corrected chi connectivity index (χ1v) is 7.23. The normalized spacial score (nSPS) is 14.2. The summed E-state index contributed by atoms with van der Waals surface area (Å²) in [6, 6.07) is 5.98. The Balaban J connectivity index is 2.29. The van der Waals surface area contributed by atoms with Gasteiger partial charge in [0.05, 0.1) is 0 Å². The van der Waals surface area contributed by atoms with E-state index in [4.69, 9.17) is 0 Å². The minimum Gasteiger partial charge on any atom is -0.385 e. The number of nitrogens with one attached hydrogen (secondary N) is 1. The van der Waals surface area contributed by atoms with Crippen LogP contribution in [-0.2, 0) is 6.42 Å². The lowest BCUT2D eigenvalue weighted by atomic mass is 9.98. The lowest BCUT2D eigenvalue weighted by Crippen LogP contribution is -2.45. The van der Waals surface area contributed by atoms with Crippen LogP contribution in [0.4, 0.5) is 5.69 Å². The Morgan fingerprint density at radius 2 is 2.20 bits per heavy atom. The van der Waals surface area contributed by atoms with Crippen LogP contribution in [0.5, 0.6) is 0 Å². The Morgan fingerprint density at radius 3 is 2.85 bits per heavy atom. The van der Waals surface area contributed by atoms with Gasteiger partial charge in [0.25, 0.3) is 5.91 Å². The van der Waals surface area contributed by atoms with Crippen molar-refractivity contribution >= 4 is 11.6 Å². The first-order chi connectivity index (χ1) is 9.43. The van der Waals surface area contributed by atoms with E-state index in [-0.39, 0.29) is 11.4 Å². The van der Waals surface area contributed by atoms with E-state index in [0.29, 0.717) is 6.54 Å². The van der Waals surface area contributed by atoms with Crippen LogP contribution in [-0.4, -0.2) is 29.4 Å². The number of carbonyl (C=O) groups excluding carboxylic acids is 1. The SMILES string of the molecule is C=CCN(C(=O)c1ccc2c(c1)CCCN2)C(C)(C)C. The molecule has 1 aromatic rings. The monoisotopic (exact) mass is 272 g/mol. The predicted octanol–water partition coefficient (Wildman–Crippen LogP) is 3.47. The highest BCUT2D eigenvalue weighted by molar-refractivity contribution is 5.95. The molecule has 1 aromatic carbocycles. The molecule has 108 valence electrons. The van der Waals surface area contributed by atoms with Gasteiger partial charge in [-0.25, -0.2) is 0 Å². The fourth-order valence-electron chi connectivity index (χ4n) is 2.55. The first-order valence-electron chi connectivity index (χ1n) is 7.23. The van der Waals surface area contributed by atoms with Gasteiger partial charge in [-0.3, -0.25) is 4.79 Å². The van der Waals surface area contributed by atoms with E-state index in [2.05, 4.69) is 11.9 Å². The van der Waals surface area contributed by atoms with Crippen molar-refractivity contribution in [2.75, 3.05) is 18.4 Å². The molecule has 1 N–H and O–H groups in total. The maximum absolute atomic E-state index is 12.7. The third-order valence-electron chi connectivity index (χ3n) is 3.66. The standard InChI is InChI=1S/C17H24N2O/c1-5-11-19(17(2,3)4)16(20)14-8-9-15-13(12-14)7-6-10-18-15/h5,8-9,12,18H,1,6-7,10-11H2,2-4H3. The minimum atomic E-state index is -0.209. The van der Waals surface area contributed by atoms with Gasteiger partial charge in [0.15, 0.2) is 0 Å². The molecule has 1 amide bonds. The Kier molecular flexibility index (Phi) is 4.17. The molecule has 0 atom stereocenters. The molecule has 0 aliphatic carbocycles. The van der Waals surface area contributed by atoms with E-state index in [0.717, 1.165) is 24.9 Å². The van der Waals surface area contributed by atoms with Crippen LogP contribution in [0.25, 0.3) is 0 Å². The highest BCUT2D eigenvalue weighted by atomic mass is 16.2. The van der Waals surface area contributed by atoms with Crippen LogP contribution >= 0.6 is 0 Å². The van der Waals surface area contributed by atoms with Gasteiger partial charge < -0.3 is 10.2 Å². The molecule has 0 saturated heterocycles. The molecule has 3 nitrogen and oxygen atoms in total. The van der Waals surface area contributed by atoms with Crippen LogP contribution < -0.4 is 5.32 Å². The molecule has 0 radical (unpaired) electrons. The van der Waals surface area contributed by atoms with Crippen molar-refractivity contribution in [3.8, 4) is 0 Å². The van der Waals surface area contributed by atoms with Gasteiger partial charge in [-0.1, -0.05) is 6.08 Å². The molecule has 1 heterocycles. The molecule has 1 aliphatic heterocycles. The fourth-order valence-corrected chi connectivity index (χ4v) is 2.55. The lowest BCUT2D eigenvalue weighted by Gasteiger charge is -2.35. The van der Waals surface area contributed by atoms with Gasteiger partial charge in [-0.15, -0.1) is 6.58 Å². The zero-order valence-corrected chi connectivity index (χ0v) is 12.7. The second-order valence-corrected chi connectivity index (χ2v) is 6.28. The molecule has 3 heteroatoms. The van der Waals surface area contributed by atoms with E-state index in [1.165, 1.54) is 11.3 Å². The maximum Gasteiger partial charge on any atom is 0.254 e. The zero-order chi connectivity index (χ0) is 14.8. The molecule has 0 saturated carbocycles. The molecular formula is C17H24N2O. The number of fused-ring (bicyclic) bond motifs is 1. The average molecular weight is 272 g/mol. The lowest BCUT2D eigenvalue weighted by molar-refractivity contribution is 0.0616. The van der Waals surface area contributed by atoms with Gasteiger partial charge in [0, 0.05) is 29.9 Å². The Bertz CT molecular complexity index is 514. The Labute approximate surface area is 121 Å². The number of benzene rings is 1. The summed E-state index contributed by atoms with van der Waals surface area (Å²) in [6.07, 6.45) is 3.95. The summed E-state index contributed by atoms with van der Waals surface area (Å²) in [6.45, 7) is 11.5. The molecule has 0 fully saturated rings. The second-order valence-electron chi connectivity index (χ2n) is 6.28. The van der Waals surface area contributed by atoms with Gasteiger partial charge in [-0.2, -0.15) is 0 Å². The van der Waals surface area contributed by atoms with Gasteiger partial charge in [0.2, 0.25) is 0 Å². The third-order valence-corrected chi connectivity index (χ3v) is 3.66. The van der Waals surface area contributed by atoms with Crippen LogP contribution in [0.1, 0.15) is 43.1 Å². The summed E-state index contributed by atoms with van der Waals surface area (Å²) in [5, 5.41) is 3.37. The van der Waals surface area contributed by atoms with E-state index >= 15 is 0 Å². The topological polar surface area (TPSA) is 32.3 Å². The van der Waals surface area contributed by atoms with Crippen LogP contribution in [0.3, 0.4) is 0 Å². The van der Waals surface area contributed by atoms with Crippen LogP contribution in [0.2, 0.25) is 0 Å². The molecule has 1 aliphatic rings. The van der Waals surface area contributed by atoms with E-state index < -0.39 is 0 Å². The summed E-state index contributed by atoms with van der Waals surface area (Å²) in [5.41, 5.74) is 2.97. The molecule has 0 spiro atoms. The molecule has 20 heavy (non-hydrogen) atoms. The first kappa shape index (κ1) is 14.6. The Morgan fingerprint density at radius 1 is 1.45 bits per heavy atom. The van der Waals surface area contributed by atoms with E-state index in [9.17, 15) is 4.79 Å². The largest absolute Gasteiger partial charge is 0.385 e. The average Bonchev–Trinajstić information content (AvgIpc) is 2.42. The Hall–Kier alpha value is -1.77. The summed E-state index contributed by atoms with van der Waals surface area (Å²) in [5.74, 6) is 0.0748. The smallest absolute Gasteiger partial charge is 0.254 e. The minimum absolute atomic E-state index is 0.0748. The number of carbonyl (C=O) groups is 1. The van der Waals surface area contributed by atoms with Gasteiger partial charge >= 0.3 is 0 Å². The molecule has 0 unspecified atom stereocenters. The second kappa shape index (κ2) is 5.70. The summed E-state index contributed by atoms with van der Waals surface area (Å²) < 4.78 is 0. The van der Waals surface area contributed by atoms with Crippen molar-refractivity contribution in [3.05, 3.63) is 42.0 Å². The zero-order valence-electron chi connectivity index (χ0n) is 12.7. The van der Waals surface area contributed by atoms with E-state index in [1.54, 1.807) is 6.08 Å². The van der Waals surface area contributed by atoms with Crippen molar-refractivity contribution < 1.29 is 4.79 Å². The highest BCUT2D eigenvalue weighted by Crippen LogP contribution is 2.25. The number of hydrogen-bond acceptors (Lipinski definition) is 2. The van der Waals surface area contributed by atoms with Crippen molar-refractivity contribution in [2.24, 2.45) is 0 Å². The molecule has 2 rings (SSSR count). The van der Waals surface area contributed by atoms with Gasteiger partial charge in [-0.05, 0) is 57.4 Å². The molecule has 0 bridgehead atoms. The number of anilines is 1. The predicted molar refractivity (Wildman–Crippen MR) is 84.2 cm³/mol. The van der Waals surface area contributed by atoms with E-state index in [1.807, 2.05) is 43.9 Å². The number of aryl methyl sites for hydroxylation is 1. The number of hydrogen-bond donors (Lipinski definition) is 1. The van der Waals surface area contributed by atoms with Crippen molar-refractivity contribution in [1.29, 1.82) is 0 Å². The molecular weight excluding hydrogens is 248 g/mol. The summed E-state index contributed by atoms with van der Waals surface area (Å²) in [7, 11) is 0. The number of amides is 1. The van der Waals surface area contributed by atoms with Crippen molar-refractivity contribution in [2.45, 2.75) is 39.2 Å². The van der Waals surface area contributed by atoms with Gasteiger partial charge in [0.1, 0.15) is 0 Å². The van der Waals surface area contributed by atoms with Crippen LogP contribution in [0, 0.1) is 0 Å². The molecule has 0 aromatic heterocycles. The maximum atomic E-state index is 12.7. The quantitative estimate of drug-likeness (QED) is 0.854. The van der Waals surface area contributed by atoms with Crippen LogP contribution in [0.15, 0.2) is 30.9 Å². The van der Waals surface area contributed by atoms with Crippen molar-refractivity contribution in [3.63, 3.8) is 0 Å². The third kappa shape index (κ3) is 3.03. The van der Waals surface area contributed by atoms with Crippen molar-refractivity contribution in [1.82, 2.24) is 4.90 Å².